The first-order chi connectivity index (χ1) is 14.7. The van der Waals surface area contributed by atoms with Crippen molar-refractivity contribution in [3.05, 3.63) is 41.0 Å². The van der Waals surface area contributed by atoms with Gasteiger partial charge in [0, 0.05) is 25.1 Å². The van der Waals surface area contributed by atoms with Gasteiger partial charge in [0.2, 0.25) is 0 Å². The minimum Gasteiger partial charge on any atom is -0.507 e. The van der Waals surface area contributed by atoms with Crippen LogP contribution in [0.4, 0.5) is 0 Å². The predicted octanol–water partition coefficient (Wildman–Crippen LogP) is 4.56. The number of piperidine rings is 1. The number of phenols is 1. The third kappa shape index (κ3) is 9.82. The maximum Gasteiger partial charge on any atom is 0.131 e. The SMILES string of the molecule is C=C1CC2c3cc(C#CC)c(O)cc3CCN2CC1CC(C)C.CC(C)(C)O.[B]C(C)O. The van der Waals surface area contributed by atoms with Crippen molar-refractivity contribution < 1.29 is 15.3 Å². The maximum atomic E-state index is 10.2. The largest absolute Gasteiger partial charge is 0.507 e. The van der Waals surface area contributed by atoms with Gasteiger partial charge in [-0.25, -0.2) is 0 Å². The number of hydrogen-bond acceptors (Lipinski definition) is 4. The first-order valence-corrected chi connectivity index (χ1v) is 11.6. The molecule has 2 radical (unpaired) electrons. The van der Waals surface area contributed by atoms with E-state index in [1.807, 2.05) is 13.0 Å². The van der Waals surface area contributed by atoms with Crippen molar-refractivity contribution in [2.24, 2.45) is 11.8 Å². The molecular formula is C27H42BNO3. The Morgan fingerprint density at radius 1 is 1.25 bits per heavy atom. The van der Waals surface area contributed by atoms with Gasteiger partial charge in [0.1, 0.15) is 13.6 Å². The molecule has 2 aliphatic rings. The summed E-state index contributed by atoms with van der Waals surface area (Å²) < 4.78 is 0. The number of aromatic hydroxyl groups is 1. The molecule has 2 heterocycles. The number of hydrogen-bond donors (Lipinski definition) is 3. The third-order valence-corrected chi connectivity index (χ3v) is 5.23. The van der Waals surface area contributed by atoms with E-state index in [1.54, 1.807) is 20.8 Å². The highest BCUT2D eigenvalue weighted by molar-refractivity contribution is 6.10. The number of rotatable bonds is 2. The minimum absolute atomic E-state index is 0.318. The van der Waals surface area contributed by atoms with Crippen LogP contribution in [0.15, 0.2) is 24.3 Å². The fraction of sp³-hybridized carbons (Fsp3) is 0.630. The second-order valence-corrected chi connectivity index (χ2v) is 10.3. The molecule has 32 heavy (non-hydrogen) atoms. The lowest BCUT2D eigenvalue weighted by Crippen LogP contribution is -2.43. The van der Waals surface area contributed by atoms with Gasteiger partial charge in [-0.15, -0.1) is 5.92 Å². The lowest BCUT2D eigenvalue weighted by atomic mass is 9.78. The highest BCUT2D eigenvalue weighted by Gasteiger charge is 2.35. The van der Waals surface area contributed by atoms with Gasteiger partial charge in [-0.05, 0) is 89.0 Å². The van der Waals surface area contributed by atoms with Crippen LogP contribution in [0.5, 0.6) is 5.75 Å². The summed E-state index contributed by atoms with van der Waals surface area (Å²) in [6.07, 6.45) is 3.28. The Hall–Kier alpha value is -1.74. The molecule has 3 rings (SSSR count). The second kappa shape index (κ2) is 12.5. The fourth-order valence-corrected chi connectivity index (χ4v) is 4.12. The number of phenolic OH excluding ortho intramolecular Hbond substituents is 1. The van der Waals surface area contributed by atoms with Gasteiger partial charge < -0.3 is 15.3 Å². The molecule has 0 bridgehead atoms. The molecule has 3 atom stereocenters. The van der Waals surface area contributed by atoms with Gasteiger partial charge in [0.15, 0.2) is 0 Å². The summed E-state index contributed by atoms with van der Waals surface area (Å²) in [5.41, 5.74) is 4.27. The standard InChI is InChI=1S/C21H27NO.C4H10O.C2H5BO/c1-5-6-17-11-19-16(12-21(17)23)7-8-22-13-18(9-14(2)3)15(4)10-20(19)22;1-4(2,3)5;1-2(3)4/h11-12,14,18,20,23H,4,7-10,13H2,1-3H3;5H,1-3H3;2,4H,1H3. The molecule has 1 aromatic carbocycles. The second-order valence-electron chi connectivity index (χ2n) is 10.3. The molecule has 1 fully saturated rings. The minimum atomic E-state index is -0.667. The van der Waals surface area contributed by atoms with Crippen molar-refractivity contribution in [3.8, 4) is 17.6 Å². The monoisotopic (exact) mass is 439 g/mol. The lowest BCUT2D eigenvalue weighted by molar-refractivity contribution is 0.102. The zero-order valence-corrected chi connectivity index (χ0v) is 21.1. The number of aliphatic hydroxyl groups excluding tert-OH is 1. The van der Waals surface area contributed by atoms with Gasteiger partial charge in [-0.1, -0.05) is 31.9 Å². The Morgan fingerprint density at radius 2 is 1.81 bits per heavy atom. The highest BCUT2D eigenvalue weighted by Crippen LogP contribution is 2.43. The number of nitrogens with zero attached hydrogens (tertiary/aromatic N) is 1. The topological polar surface area (TPSA) is 63.9 Å². The van der Waals surface area contributed by atoms with Crippen LogP contribution in [0.3, 0.4) is 0 Å². The molecule has 176 valence electrons. The maximum absolute atomic E-state index is 10.2. The zero-order valence-electron chi connectivity index (χ0n) is 21.1. The summed E-state index contributed by atoms with van der Waals surface area (Å²) >= 11 is 0. The Morgan fingerprint density at radius 3 is 2.31 bits per heavy atom. The van der Waals surface area contributed by atoms with E-state index in [4.69, 9.17) is 10.2 Å². The number of fused-ring (bicyclic) bond motifs is 3. The molecule has 0 amide bonds. The van der Waals surface area contributed by atoms with Crippen molar-refractivity contribution in [2.75, 3.05) is 13.1 Å². The summed E-state index contributed by atoms with van der Waals surface area (Å²) in [4.78, 5) is 2.62. The molecule has 3 N–H and O–H groups in total. The van der Waals surface area contributed by atoms with E-state index < -0.39 is 11.6 Å². The van der Waals surface area contributed by atoms with Crippen LogP contribution >= 0.6 is 0 Å². The van der Waals surface area contributed by atoms with Crippen LogP contribution in [-0.4, -0.2) is 52.8 Å². The molecule has 4 nitrogen and oxygen atoms in total. The molecule has 5 heteroatoms. The van der Waals surface area contributed by atoms with E-state index in [1.165, 1.54) is 30.0 Å². The zero-order chi connectivity index (χ0) is 24.6. The van der Waals surface area contributed by atoms with Crippen LogP contribution in [0, 0.1) is 23.7 Å². The number of aliphatic hydroxyl groups is 2. The molecule has 0 spiro atoms. The van der Waals surface area contributed by atoms with Crippen molar-refractivity contribution in [1.82, 2.24) is 4.90 Å². The summed E-state index contributed by atoms with van der Waals surface area (Å²) in [7, 11) is 4.67. The average Bonchev–Trinajstić information content (AvgIpc) is 2.61. The Bertz CT molecular complexity index is 806. The van der Waals surface area contributed by atoms with E-state index in [9.17, 15) is 5.11 Å². The van der Waals surface area contributed by atoms with E-state index >= 15 is 0 Å². The van der Waals surface area contributed by atoms with Crippen molar-refractivity contribution in [2.45, 2.75) is 85.4 Å². The molecule has 0 aliphatic carbocycles. The summed E-state index contributed by atoms with van der Waals surface area (Å²) in [6.45, 7) is 19.7. The molecule has 0 saturated carbocycles. The van der Waals surface area contributed by atoms with Crippen LogP contribution < -0.4 is 0 Å². The number of benzene rings is 1. The summed E-state index contributed by atoms with van der Waals surface area (Å²) in [5, 5.41) is 26.5. The first-order valence-electron chi connectivity index (χ1n) is 11.6. The van der Waals surface area contributed by atoms with E-state index in [-0.39, 0.29) is 0 Å². The summed E-state index contributed by atoms with van der Waals surface area (Å²) in [6, 6.07) is 3.77. The Kier molecular flexibility index (Phi) is 11.0. The quantitative estimate of drug-likeness (QED) is 0.359. The van der Waals surface area contributed by atoms with Crippen LogP contribution in [0.25, 0.3) is 0 Å². The van der Waals surface area contributed by atoms with Gasteiger partial charge in [0.25, 0.3) is 0 Å². The van der Waals surface area contributed by atoms with Crippen LogP contribution in [0.1, 0.15) is 84.0 Å². The Labute approximate surface area is 197 Å². The average molecular weight is 439 g/mol. The van der Waals surface area contributed by atoms with Gasteiger partial charge in [-0.2, -0.15) is 0 Å². The molecule has 3 unspecified atom stereocenters. The summed E-state index contributed by atoms with van der Waals surface area (Å²) in [5.74, 6) is 7.59. The molecule has 2 aliphatic heterocycles. The smallest absolute Gasteiger partial charge is 0.131 e. The van der Waals surface area contributed by atoms with Crippen molar-refractivity contribution in [1.29, 1.82) is 0 Å². The third-order valence-electron chi connectivity index (χ3n) is 5.23. The Balaban J connectivity index is 0.000000485. The highest BCUT2D eigenvalue weighted by atomic mass is 16.3. The molecule has 1 aromatic rings. The van der Waals surface area contributed by atoms with Crippen molar-refractivity contribution in [3.63, 3.8) is 0 Å². The van der Waals surface area contributed by atoms with E-state index in [0.717, 1.165) is 31.5 Å². The van der Waals surface area contributed by atoms with Gasteiger partial charge in [0.05, 0.1) is 11.2 Å². The first kappa shape index (κ1) is 28.3. The van der Waals surface area contributed by atoms with E-state index in [2.05, 4.69) is 51.1 Å². The van der Waals surface area contributed by atoms with Crippen molar-refractivity contribution >= 4 is 7.85 Å². The normalized spacial score (nSPS) is 21.0. The molecule has 0 aromatic heterocycles. The van der Waals surface area contributed by atoms with Crippen LogP contribution in [-0.2, 0) is 6.42 Å². The molecule has 1 saturated heterocycles. The molecular weight excluding hydrogens is 397 g/mol. The van der Waals surface area contributed by atoms with Gasteiger partial charge >= 0.3 is 0 Å². The fourth-order valence-electron chi connectivity index (χ4n) is 4.12. The van der Waals surface area contributed by atoms with Crippen LogP contribution in [0.2, 0.25) is 0 Å². The van der Waals surface area contributed by atoms with Gasteiger partial charge in [-0.3, -0.25) is 4.90 Å². The predicted molar refractivity (Wildman–Crippen MR) is 135 cm³/mol. The lowest BCUT2D eigenvalue weighted by Gasteiger charge is -2.45. The van der Waals surface area contributed by atoms with E-state index in [0.29, 0.717) is 23.6 Å².